The molecule has 0 unspecified atom stereocenters. The van der Waals surface area contributed by atoms with E-state index in [0.29, 0.717) is 21.5 Å². The Morgan fingerprint density at radius 1 is 0.619 bits per heavy atom. The SMILES string of the molecule is O=C(O)c1c2ccccc2c(C(=O)O)c2ccccc12.[Na]. The van der Waals surface area contributed by atoms with E-state index in [-0.39, 0.29) is 40.7 Å². The second-order valence-corrected chi connectivity index (χ2v) is 4.45. The van der Waals surface area contributed by atoms with Gasteiger partial charge in [-0.05, 0) is 21.5 Å². The number of aromatic carboxylic acids is 2. The van der Waals surface area contributed by atoms with Gasteiger partial charge in [-0.3, -0.25) is 0 Å². The fourth-order valence-electron chi connectivity index (χ4n) is 2.59. The van der Waals surface area contributed by atoms with Crippen LogP contribution in [0.4, 0.5) is 0 Å². The summed E-state index contributed by atoms with van der Waals surface area (Å²) in [5.41, 5.74) is 0.280. The Hall–Kier alpha value is -1.88. The molecule has 4 nitrogen and oxygen atoms in total. The van der Waals surface area contributed by atoms with Gasteiger partial charge in [0.15, 0.2) is 0 Å². The Morgan fingerprint density at radius 2 is 0.857 bits per heavy atom. The molecule has 0 spiro atoms. The number of carboxylic acids is 2. The summed E-state index contributed by atoms with van der Waals surface area (Å²) in [6.45, 7) is 0. The molecule has 0 aliphatic carbocycles. The Morgan fingerprint density at radius 3 is 1.05 bits per heavy atom. The maximum Gasteiger partial charge on any atom is 0.336 e. The Balaban J connectivity index is 0.00000161. The van der Waals surface area contributed by atoms with Crippen LogP contribution in [0.15, 0.2) is 48.5 Å². The summed E-state index contributed by atoms with van der Waals surface area (Å²) in [7, 11) is 0. The van der Waals surface area contributed by atoms with Crippen molar-refractivity contribution in [2.75, 3.05) is 0 Å². The number of hydrogen-bond acceptors (Lipinski definition) is 2. The third-order valence-corrected chi connectivity index (χ3v) is 3.36. The maximum atomic E-state index is 11.6. The first kappa shape index (κ1) is 15.5. The van der Waals surface area contributed by atoms with E-state index < -0.39 is 11.9 Å². The van der Waals surface area contributed by atoms with Gasteiger partial charge in [0.25, 0.3) is 0 Å². The van der Waals surface area contributed by atoms with Crippen molar-refractivity contribution in [2.24, 2.45) is 0 Å². The summed E-state index contributed by atoms with van der Waals surface area (Å²) in [5, 5.41) is 20.7. The first-order chi connectivity index (χ1) is 9.61. The molecular formula is C16H10NaO4. The van der Waals surface area contributed by atoms with Gasteiger partial charge in [0.1, 0.15) is 0 Å². The first-order valence-corrected chi connectivity index (χ1v) is 6.01. The molecule has 5 heteroatoms. The second kappa shape index (κ2) is 5.85. The third kappa shape index (κ3) is 2.42. The number of carbonyl (C=O) groups is 2. The largest absolute Gasteiger partial charge is 0.478 e. The van der Waals surface area contributed by atoms with E-state index in [2.05, 4.69) is 0 Å². The molecule has 0 aliphatic heterocycles. The number of rotatable bonds is 2. The fraction of sp³-hybridized carbons (Fsp3) is 0. The minimum Gasteiger partial charge on any atom is -0.478 e. The second-order valence-electron chi connectivity index (χ2n) is 4.45. The molecule has 0 bridgehead atoms. The van der Waals surface area contributed by atoms with E-state index >= 15 is 0 Å². The minimum atomic E-state index is -1.06. The normalized spacial score (nSPS) is 10.3. The van der Waals surface area contributed by atoms with E-state index in [1.165, 1.54) is 0 Å². The van der Waals surface area contributed by atoms with Gasteiger partial charge >= 0.3 is 11.9 Å². The van der Waals surface area contributed by atoms with Crippen molar-refractivity contribution in [3.63, 3.8) is 0 Å². The number of benzene rings is 3. The Bertz CT molecular complexity index is 742. The van der Waals surface area contributed by atoms with Crippen LogP contribution in [0.2, 0.25) is 0 Å². The molecule has 3 aromatic rings. The molecule has 0 heterocycles. The molecule has 3 rings (SSSR count). The van der Waals surface area contributed by atoms with Gasteiger partial charge in [-0.1, -0.05) is 48.5 Å². The Labute approximate surface area is 142 Å². The molecule has 0 aromatic heterocycles. The van der Waals surface area contributed by atoms with Crippen molar-refractivity contribution in [2.45, 2.75) is 0 Å². The quantitative estimate of drug-likeness (QED) is 0.561. The molecule has 21 heavy (non-hydrogen) atoms. The zero-order valence-corrected chi connectivity index (χ0v) is 13.3. The van der Waals surface area contributed by atoms with E-state index in [1.807, 2.05) is 0 Å². The summed E-state index contributed by atoms with van der Waals surface area (Å²) in [5.74, 6) is -2.12. The van der Waals surface area contributed by atoms with Gasteiger partial charge in [0.2, 0.25) is 0 Å². The van der Waals surface area contributed by atoms with E-state index in [1.54, 1.807) is 48.5 Å². The maximum absolute atomic E-state index is 11.6. The van der Waals surface area contributed by atoms with Gasteiger partial charge in [0.05, 0.1) is 11.1 Å². The van der Waals surface area contributed by atoms with Crippen molar-refractivity contribution >= 4 is 63.0 Å². The number of carboxylic acid groups (broad SMARTS) is 2. The molecule has 0 fully saturated rings. The van der Waals surface area contributed by atoms with Gasteiger partial charge in [-0.2, -0.15) is 0 Å². The molecule has 0 aliphatic rings. The van der Waals surface area contributed by atoms with Crippen molar-refractivity contribution in [1.82, 2.24) is 0 Å². The predicted molar refractivity (Wildman–Crippen MR) is 81.1 cm³/mol. The molecule has 2 N–H and O–H groups in total. The molecule has 0 saturated carbocycles. The van der Waals surface area contributed by atoms with Gasteiger partial charge < -0.3 is 10.2 Å². The van der Waals surface area contributed by atoms with E-state index in [0.717, 1.165) is 0 Å². The van der Waals surface area contributed by atoms with Gasteiger partial charge in [-0.15, -0.1) is 0 Å². The van der Waals surface area contributed by atoms with E-state index in [9.17, 15) is 19.8 Å². The van der Waals surface area contributed by atoms with Gasteiger partial charge in [-0.25, -0.2) is 9.59 Å². The van der Waals surface area contributed by atoms with Crippen molar-refractivity contribution < 1.29 is 19.8 Å². The summed E-state index contributed by atoms with van der Waals surface area (Å²) in [4.78, 5) is 23.1. The average Bonchev–Trinajstić information content (AvgIpc) is 2.43. The van der Waals surface area contributed by atoms with Crippen LogP contribution in [0.3, 0.4) is 0 Å². The monoisotopic (exact) mass is 289 g/mol. The van der Waals surface area contributed by atoms with E-state index in [4.69, 9.17) is 0 Å². The summed E-state index contributed by atoms with van der Waals surface area (Å²) in [6, 6.07) is 13.4. The van der Waals surface area contributed by atoms with Crippen LogP contribution in [0.1, 0.15) is 20.7 Å². The molecule has 0 atom stereocenters. The van der Waals surface area contributed by atoms with Crippen LogP contribution < -0.4 is 0 Å². The van der Waals surface area contributed by atoms with Crippen LogP contribution in [-0.2, 0) is 0 Å². The smallest absolute Gasteiger partial charge is 0.336 e. The van der Waals surface area contributed by atoms with Crippen LogP contribution in [0.25, 0.3) is 21.5 Å². The zero-order chi connectivity index (χ0) is 14.3. The zero-order valence-electron chi connectivity index (χ0n) is 11.3. The molecule has 99 valence electrons. The third-order valence-electron chi connectivity index (χ3n) is 3.36. The number of hydrogen-bond donors (Lipinski definition) is 2. The van der Waals surface area contributed by atoms with Crippen molar-refractivity contribution in [1.29, 1.82) is 0 Å². The average molecular weight is 289 g/mol. The fourth-order valence-corrected chi connectivity index (χ4v) is 2.59. The number of fused-ring (bicyclic) bond motifs is 2. The summed E-state index contributed by atoms with van der Waals surface area (Å²) in [6.07, 6.45) is 0. The molecular weight excluding hydrogens is 279 g/mol. The van der Waals surface area contributed by atoms with Crippen LogP contribution in [0, 0.1) is 0 Å². The minimum absolute atomic E-state index is 0. The Kier molecular flexibility index (Phi) is 4.32. The van der Waals surface area contributed by atoms with Gasteiger partial charge in [0, 0.05) is 29.6 Å². The van der Waals surface area contributed by atoms with Crippen molar-refractivity contribution in [3.8, 4) is 0 Å². The molecule has 0 saturated heterocycles. The van der Waals surface area contributed by atoms with Crippen LogP contribution in [-0.4, -0.2) is 51.7 Å². The molecule has 1 radical (unpaired) electrons. The van der Waals surface area contributed by atoms with Crippen LogP contribution in [0.5, 0.6) is 0 Å². The molecule has 0 amide bonds. The summed E-state index contributed by atoms with van der Waals surface area (Å²) < 4.78 is 0. The standard InChI is InChI=1S/C16H10O4.Na/c17-15(18)13-9-5-1-2-6-10(9)14(16(19)20)12-8-4-3-7-11(12)13;/h1-8H,(H,17,18)(H,19,20);. The van der Waals surface area contributed by atoms with Crippen LogP contribution >= 0.6 is 0 Å². The predicted octanol–water partition coefficient (Wildman–Crippen LogP) is 3.01. The molecule has 3 aromatic carbocycles. The van der Waals surface area contributed by atoms with Crippen molar-refractivity contribution in [3.05, 3.63) is 59.7 Å². The first-order valence-electron chi connectivity index (χ1n) is 6.01. The summed E-state index contributed by atoms with van der Waals surface area (Å²) >= 11 is 0. The topological polar surface area (TPSA) is 74.6 Å².